The molecule has 7 heteroatoms. The van der Waals surface area contributed by atoms with Gasteiger partial charge in [-0.25, -0.2) is 0 Å². The molecule has 0 radical (unpaired) electrons. The molecule has 2 rings (SSSR count). The van der Waals surface area contributed by atoms with Crippen molar-refractivity contribution in [1.29, 1.82) is 0 Å². The van der Waals surface area contributed by atoms with Gasteiger partial charge in [0.05, 0.1) is 4.99 Å². The Bertz CT molecular complexity index is 699. The summed E-state index contributed by atoms with van der Waals surface area (Å²) < 4.78 is 39.7. The molecule has 2 aromatic carbocycles. The third-order valence-electron chi connectivity index (χ3n) is 3.55. The van der Waals surface area contributed by atoms with E-state index in [9.17, 15) is 23.4 Å². The van der Waals surface area contributed by atoms with Crippen LogP contribution in [0.4, 0.5) is 18.9 Å². The lowest BCUT2D eigenvalue weighted by atomic mass is 10.1. The number of alkyl halides is 3. The summed E-state index contributed by atoms with van der Waals surface area (Å²) in [6, 6.07) is 9.71. The van der Waals surface area contributed by atoms with Gasteiger partial charge >= 0.3 is 6.18 Å². The normalized spacial score (nSPS) is 12.7. The van der Waals surface area contributed by atoms with Crippen molar-refractivity contribution in [3.8, 4) is 11.5 Å². The van der Waals surface area contributed by atoms with Gasteiger partial charge in [0.2, 0.25) is 0 Å². The molecule has 0 aliphatic rings. The second-order valence-corrected chi connectivity index (χ2v) is 5.81. The van der Waals surface area contributed by atoms with Gasteiger partial charge in [-0.05, 0) is 48.9 Å². The van der Waals surface area contributed by atoms with Crippen LogP contribution in [-0.2, 0) is 6.42 Å². The maximum Gasteiger partial charge on any atom is 0.408 e. The zero-order chi connectivity index (χ0) is 17.9. The quantitative estimate of drug-likeness (QED) is 0.797. The first kappa shape index (κ1) is 18.1. The molecule has 1 unspecified atom stereocenters. The van der Waals surface area contributed by atoms with E-state index in [1.165, 1.54) is 36.4 Å². The molecule has 0 aromatic heterocycles. The van der Waals surface area contributed by atoms with Crippen LogP contribution in [0.25, 0.3) is 0 Å². The molecule has 0 saturated heterocycles. The van der Waals surface area contributed by atoms with E-state index in [1.807, 2.05) is 0 Å². The highest BCUT2D eigenvalue weighted by Gasteiger charge is 2.41. The highest BCUT2D eigenvalue weighted by molar-refractivity contribution is 7.80. The van der Waals surface area contributed by atoms with Crippen molar-refractivity contribution in [1.82, 2.24) is 0 Å². The van der Waals surface area contributed by atoms with Gasteiger partial charge in [-0.3, -0.25) is 0 Å². The average Bonchev–Trinajstić information content (AvgIpc) is 2.51. The SMILES string of the molecule is CC(N(C(=S)Cc1ccc(O)cc1)c1ccc(O)cc1)C(F)(F)F. The number of nitrogens with zero attached hydrogens (tertiary/aromatic N) is 1. The van der Waals surface area contributed by atoms with Crippen LogP contribution in [0.3, 0.4) is 0 Å². The van der Waals surface area contributed by atoms with Crippen LogP contribution in [-0.4, -0.2) is 27.4 Å². The standard InChI is InChI=1S/C17H16F3NO2S/c1-11(17(18,19)20)21(13-4-8-15(23)9-5-13)16(24)10-12-2-6-14(22)7-3-12/h2-9,11,22-23H,10H2,1H3. The van der Waals surface area contributed by atoms with Gasteiger partial charge in [-0.15, -0.1) is 0 Å². The van der Waals surface area contributed by atoms with Crippen molar-refractivity contribution in [3.05, 3.63) is 54.1 Å². The molecule has 2 N–H and O–H groups in total. The molecule has 0 aliphatic carbocycles. The Morgan fingerprint density at radius 2 is 1.46 bits per heavy atom. The monoisotopic (exact) mass is 355 g/mol. The third-order valence-corrected chi connectivity index (χ3v) is 3.89. The topological polar surface area (TPSA) is 43.7 Å². The van der Waals surface area contributed by atoms with Gasteiger partial charge in [0.1, 0.15) is 17.5 Å². The predicted molar refractivity (Wildman–Crippen MR) is 90.5 cm³/mol. The summed E-state index contributed by atoms with van der Waals surface area (Å²) in [5.41, 5.74) is 0.942. The maximum absolute atomic E-state index is 13.2. The van der Waals surface area contributed by atoms with Crippen LogP contribution in [0.15, 0.2) is 48.5 Å². The molecular weight excluding hydrogens is 339 g/mol. The number of rotatable bonds is 4. The molecule has 24 heavy (non-hydrogen) atoms. The van der Waals surface area contributed by atoms with Gasteiger partial charge in [-0.2, -0.15) is 13.2 Å². The summed E-state index contributed by atoms with van der Waals surface area (Å²) in [4.78, 5) is 1.12. The number of hydrogen-bond acceptors (Lipinski definition) is 3. The van der Waals surface area contributed by atoms with E-state index in [1.54, 1.807) is 12.1 Å². The van der Waals surface area contributed by atoms with Crippen molar-refractivity contribution in [2.75, 3.05) is 4.90 Å². The van der Waals surface area contributed by atoms with Crippen LogP contribution in [0.1, 0.15) is 12.5 Å². The molecule has 3 nitrogen and oxygen atoms in total. The summed E-state index contributed by atoms with van der Waals surface area (Å²) in [6.07, 6.45) is -4.34. The molecule has 1 atom stereocenters. The highest BCUT2D eigenvalue weighted by atomic mass is 32.1. The Hall–Kier alpha value is -2.28. The summed E-state index contributed by atoms with van der Waals surface area (Å²) in [5, 5.41) is 18.6. The van der Waals surface area contributed by atoms with Crippen LogP contribution >= 0.6 is 12.2 Å². The summed E-state index contributed by atoms with van der Waals surface area (Å²) in [7, 11) is 0. The number of hydrogen-bond donors (Lipinski definition) is 2. The van der Waals surface area contributed by atoms with Crippen molar-refractivity contribution in [3.63, 3.8) is 0 Å². The van der Waals surface area contributed by atoms with E-state index >= 15 is 0 Å². The Morgan fingerprint density at radius 1 is 1.00 bits per heavy atom. The highest BCUT2D eigenvalue weighted by Crippen LogP contribution is 2.31. The first-order chi connectivity index (χ1) is 11.2. The van der Waals surface area contributed by atoms with Gasteiger partial charge in [0, 0.05) is 12.1 Å². The van der Waals surface area contributed by atoms with E-state index in [0.717, 1.165) is 11.8 Å². The smallest absolute Gasteiger partial charge is 0.408 e. The molecule has 0 spiro atoms. The van der Waals surface area contributed by atoms with Crippen LogP contribution in [0, 0.1) is 0 Å². The van der Waals surface area contributed by atoms with Crippen molar-refractivity contribution in [2.45, 2.75) is 25.6 Å². The fourth-order valence-corrected chi connectivity index (χ4v) is 2.65. The number of phenolic OH excluding ortho intramolecular Hbond substituents is 2. The number of halogens is 3. The minimum absolute atomic E-state index is 0.0391. The molecule has 2 aromatic rings. The largest absolute Gasteiger partial charge is 0.508 e. The Kier molecular flexibility index (Phi) is 5.33. The fourth-order valence-electron chi connectivity index (χ4n) is 2.22. The number of anilines is 1. The van der Waals surface area contributed by atoms with Gasteiger partial charge in [-0.1, -0.05) is 24.4 Å². The van der Waals surface area contributed by atoms with Gasteiger partial charge in [0.15, 0.2) is 0 Å². The van der Waals surface area contributed by atoms with Crippen molar-refractivity contribution >= 4 is 22.9 Å². The molecular formula is C17H16F3NO2S. The molecule has 0 bridgehead atoms. The fraction of sp³-hybridized carbons (Fsp3) is 0.235. The molecule has 0 aliphatic heterocycles. The van der Waals surface area contributed by atoms with E-state index in [0.29, 0.717) is 5.56 Å². The summed E-state index contributed by atoms with van der Waals surface area (Å²) in [6.45, 7) is 1.04. The lowest BCUT2D eigenvalue weighted by Gasteiger charge is -2.33. The molecule has 0 heterocycles. The second kappa shape index (κ2) is 7.09. The van der Waals surface area contributed by atoms with Gasteiger partial charge in [0.25, 0.3) is 0 Å². The van der Waals surface area contributed by atoms with Crippen LogP contribution < -0.4 is 4.90 Å². The first-order valence-corrected chi connectivity index (χ1v) is 7.55. The molecule has 0 amide bonds. The van der Waals surface area contributed by atoms with E-state index in [2.05, 4.69) is 0 Å². The summed E-state index contributed by atoms with van der Waals surface area (Å²) in [5.74, 6) is 0.0338. The molecule has 0 fully saturated rings. The van der Waals surface area contributed by atoms with E-state index < -0.39 is 12.2 Å². The lowest BCUT2D eigenvalue weighted by Crippen LogP contribution is -2.47. The number of benzene rings is 2. The van der Waals surface area contributed by atoms with Crippen LogP contribution in [0.2, 0.25) is 0 Å². The maximum atomic E-state index is 13.2. The second-order valence-electron chi connectivity index (χ2n) is 5.34. The molecule has 0 saturated carbocycles. The summed E-state index contributed by atoms with van der Waals surface area (Å²) >= 11 is 5.25. The van der Waals surface area contributed by atoms with Gasteiger partial charge < -0.3 is 15.1 Å². The number of thiocarbonyl (C=S) groups is 1. The Balaban J connectivity index is 2.32. The van der Waals surface area contributed by atoms with Crippen molar-refractivity contribution in [2.24, 2.45) is 0 Å². The Morgan fingerprint density at radius 3 is 1.92 bits per heavy atom. The lowest BCUT2D eigenvalue weighted by molar-refractivity contribution is -0.142. The molecule has 128 valence electrons. The first-order valence-electron chi connectivity index (χ1n) is 7.14. The minimum atomic E-state index is -4.46. The third kappa shape index (κ3) is 4.38. The van der Waals surface area contributed by atoms with Crippen molar-refractivity contribution < 1.29 is 23.4 Å². The zero-order valence-corrected chi connectivity index (χ0v) is 13.6. The van der Waals surface area contributed by atoms with Crippen LogP contribution in [0.5, 0.6) is 11.5 Å². The average molecular weight is 355 g/mol. The minimum Gasteiger partial charge on any atom is -0.508 e. The van der Waals surface area contributed by atoms with E-state index in [-0.39, 0.29) is 28.6 Å². The number of phenols is 2. The zero-order valence-electron chi connectivity index (χ0n) is 12.8. The predicted octanol–water partition coefficient (Wildman–Crippen LogP) is 4.43. The Labute approximate surface area is 143 Å². The van der Waals surface area contributed by atoms with E-state index in [4.69, 9.17) is 12.2 Å². The number of aromatic hydroxyl groups is 2.